The molecular formula is C12H13ClN2O3. The average Bonchev–Trinajstić information content (AvgIpc) is 2.35. The maximum absolute atomic E-state index is 11.9. The van der Waals surface area contributed by atoms with Crippen molar-refractivity contribution in [1.82, 2.24) is 10.6 Å². The molecule has 1 aromatic rings. The normalized spacial score (nSPS) is 19.2. The number of hydrogen-bond acceptors (Lipinski definition) is 3. The van der Waals surface area contributed by atoms with Crippen LogP contribution in [-0.4, -0.2) is 29.5 Å². The lowest BCUT2D eigenvalue weighted by atomic mass is 10.1. The minimum Gasteiger partial charge on any atom is -0.506 e. The molecule has 1 aromatic carbocycles. The van der Waals surface area contributed by atoms with Gasteiger partial charge in [0.15, 0.2) is 0 Å². The smallest absolute Gasteiger partial charge is 0.251 e. The van der Waals surface area contributed by atoms with Crippen molar-refractivity contribution in [3.05, 3.63) is 28.8 Å². The van der Waals surface area contributed by atoms with E-state index in [0.717, 1.165) is 6.42 Å². The molecule has 1 aliphatic heterocycles. The van der Waals surface area contributed by atoms with Gasteiger partial charge in [-0.15, -0.1) is 0 Å². The van der Waals surface area contributed by atoms with E-state index in [-0.39, 0.29) is 22.6 Å². The third-order valence-corrected chi connectivity index (χ3v) is 3.10. The highest BCUT2D eigenvalue weighted by molar-refractivity contribution is 6.32. The van der Waals surface area contributed by atoms with Gasteiger partial charge in [0, 0.05) is 12.1 Å². The number of piperidine rings is 1. The van der Waals surface area contributed by atoms with Crippen molar-refractivity contribution in [1.29, 1.82) is 0 Å². The summed E-state index contributed by atoms with van der Waals surface area (Å²) in [4.78, 5) is 23.4. The van der Waals surface area contributed by atoms with Crippen LogP contribution in [0.2, 0.25) is 5.02 Å². The summed E-state index contributed by atoms with van der Waals surface area (Å²) < 4.78 is 0. The molecule has 0 unspecified atom stereocenters. The molecule has 1 fully saturated rings. The van der Waals surface area contributed by atoms with Gasteiger partial charge in [-0.1, -0.05) is 11.6 Å². The van der Waals surface area contributed by atoms with E-state index < -0.39 is 6.04 Å². The van der Waals surface area contributed by atoms with E-state index in [2.05, 4.69) is 10.6 Å². The van der Waals surface area contributed by atoms with E-state index in [1.165, 1.54) is 18.2 Å². The zero-order chi connectivity index (χ0) is 13.1. The fourth-order valence-electron chi connectivity index (χ4n) is 1.80. The van der Waals surface area contributed by atoms with Crippen molar-refractivity contribution in [2.24, 2.45) is 0 Å². The van der Waals surface area contributed by atoms with Gasteiger partial charge in [-0.05, 0) is 31.0 Å². The molecule has 0 bridgehead atoms. The molecular weight excluding hydrogens is 256 g/mol. The number of benzene rings is 1. The molecule has 1 atom stereocenters. The first-order valence-electron chi connectivity index (χ1n) is 5.65. The van der Waals surface area contributed by atoms with E-state index in [4.69, 9.17) is 11.6 Å². The van der Waals surface area contributed by atoms with Gasteiger partial charge >= 0.3 is 0 Å². The number of phenolic OH excluding ortho intramolecular Hbond substituents is 1. The van der Waals surface area contributed by atoms with Crippen molar-refractivity contribution in [3.63, 3.8) is 0 Å². The van der Waals surface area contributed by atoms with Crippen LogP contribution in [0.25, 0.3) is 0 Å². The van der Waals surface area contributed by atoms with Crippen molar-refractivity contribution in [2.75, 3.05) is 6.54 Å². The molecule has 0 radical (unpaired) electrons. The fourth-order valence-corrected chi connectivity index (χ4v) is 1.98. The van der Waals surface area contributed by atoms with Gasteiger partial charge in [0.1, 0.15) is 11.8 Å². The average molecular weight is 269 g/mol. The van der Waals surface area contributed by atoms with Crippen LogP contribution in [0.1, 0.15) is 23.2 Å². The Morgan fingerprint density at radius 1 is 1.50 bits per heavy atom. The highest BCUT2D eigenvalue weighted by Gasteiger charge is 2.24. The van der Waals surface area contributed by atoms with E-state index in [9.17, 15) is 14.7 Å². The quantitative estimate of drug-likeness (QED) is 0.750. The number of carbonyl (C=O) groups excluding carboxylic acids is 2. The molecule has 5 nitrogen and oxygen atoms in total. The lowest BCUT2D eigenvalue weighted by Gasteiger charge is -2.22. The third kappa shape index (κ3) is 2.73. The van der Waals surface area contributed by atoms with Gasteiger partial charge in [-0.2, -0.15) is 0 Å². The summed E-state index contributed by atoms with van der Waals surface area (Å²) >= 11 is 5.72. The summed E-state index contributed by atoms with van der Waals surface area (Å²) in [5.74, 6) is -0.623. The second-order valence-corrected chi connectivity index (χ2v) is 4.53. The van der Waals surface area contributed by atoms with Gasteiger partial charge in [-0.3, -0.25) is 9.59 Å². The maximum Gasteiger partial charge on any atom is 0.251 e. The van der Waals surface area contributed by atoms with Crippen LogP contribution in [-0.2, 0) is 4.79 Å². The first-order valence-corrected chi connectivity index (χ1v) is 6.03. The third-order valence-electron chi connectivity index (χ3n) is 2.80. The summed E-state index contributed by atoms with van der Waals surface area (Å²) in [5, 5.41) is 14.7. The van der Waals surface area contributed by atoms with Crippen LogP contribution in [0, 0.1) is 0 Å². The lowest BCUT2D eigenvalue weighted by molar-refractivity contribution is -0.124. The second-order valence-electron chi connectivity index (χ2n) is 4.13. The molecule has 1 saturated heterocycles. The standard InChI is InChI=1S/C12H13ClN2O3/c13-8-6-7(3-4-10(8)16)11(17)15-9-2-1-5-14-12(9)18/h3-4,6,9,16H,1-2,5H2,(H,14,18)(H,15,17)/t9-/m0/s1. The molecule has 96 valence electrons. The van der Waals surface area contributed by atoms with Crippen molar-refractivity contribution in [3.8, 4) is 5.75 Å². The number of amides is 2. The minimum atomic E-state index is -0.501. The molecule has 2 rings (SSSR count). The molecule has 0 saturated carbocycles. The predicted octanol–water partition coefficient (Wildman–Crippen LogP) is 1.05. The zero-order valence-corrected chi connectivity index (χ0v) is 10.3. The van der Waals surface area contributed by atoms with E-state index in [1.54, 1.807) is 0 Å². The van der Waals surface area contributed by atoms with Crippen molar-refractivity contribution in [2.45, 2.75) is 18.9 Å². The summed E-state index contributed by atoms with van der Waals surface area (Å²) in [6.45, 7) is 0.649. The zero-order valence-electron chi connectivity index (χ0n) is 9.57. The molecule has 2 amide bonds. The number of aromatic hydroxyl groups is 1. The van der Waals surface area contributed by atoms with E-state index in [0.29, 0.717) is 18.5 Å². The van der Waals surface area contributed by atoms with Crippen molar-refractivity contribution >= 4 is 23.4 Å². The lowest BCUT2D eigenvalue weighted by Crippen LogP contribution is -2.50. The first kappa shape index (κ1) is 12.7. The Morgan fingerprint density at radius 2 is 2.28 bits per heavy atom. The number of phenols is 1. The number of carbonyl (C=O) groups is 2. The van der Waals surface area contributed by atoms with Crippen molar-refractivity contribution < 1.29 is 14.7 Å². The number of halogens is 1. The summed E-state index contributed by atoms with van der Waals surface area (Å²) in [6, 6.07) is 3.67. The van der Waals surface area contributed by atoms with Crippen LogP contribution < -0.4 is 10.6 Å². The number of rotatable bonds is 2. The summed E-state index contributed by atoms with van der Waals surface area (Å²) in [5.41, 5.74) is 0.316. The maximum atomic E-state index is 11.9. The number of hydrogen-bond donors (Lipinski definition) is 3. The Kier molecular flexibility index (Phi) is 3.72. The molecule has 6 heteroatoms. The fraction of sp³-hybridized carbons (Fsp3) is 0.333. The Bertz CT molecular complexity index is 490. The topological polar surface area (TPSA) is 78.4 Å². The minimum absolute atomic E-state index is 0.0800. The van der Waals surface area contributed by atoms with Gasteiger partial charge in [-0.25, -0.2) is 0 Å². The largest absolute Gasteiger partial charge is 0.506 e. The van der Waals surface area contributed by atoms with Gasteiger partial charge in [0.05, 0.1) is 5.02 Å². The first-order chi connectivity index (χ1) is 8.58. The molecule has 0 aromatic heterocycles. The van der Waals surface area contributed by atoms with Crippen LogP contribution in [0.4, 0.5) is 0 Å². The Labute approximate surface area is 109 Å². The SMILES string of the molecule is O=C(N[C@H]1CCCNC1=O)c1ccc(O)c(Cl)c1. The highest BCUT2D eigenvalue weighted by atomic mass is 35.5. The molecule has 0 spiro atoms. The van der Waals surface area contributed by atoms with E-state index >= 15 is 0 Å². The van der Waals surface area contributed by atoms with Gasteiger partial charge in [0.2, 0.25) is 5.91 Å². The van der Waals surface area contributed by atoms with Crippen LogP contribution >= 0.6 is 11.6 Å². The van der Waals surface area contributed by atoms with Crippen LogP contribution in [0.15, 0.2) is 18.2 Å². The van der Waals surface area contributed by atoms with Gasteiger partial charge < -0.3 is 15.7 Å². The highest BCUT2D eigenvalue weighted by Crippen LogP contribution is 2.23. The summed E-state index contributed by atoms with van der Waals surface area (Å²) in [6.07, 6.45) is 1.47. The van der Waals surface area contributed by atoms with E-state index in [1.807, 2.05) is 0 Å². The predicted molar refractivity (Wildman–Crippen MR) is 66.6 cm³/mol. The molecule has 1 heterocycles. The molecule has 0 aliphatic carbocycles. The monoisotopic (exact) mass is 268 g/mol. The number of nitrogens with one attached hydrogen (secondary N) is 2. The Morgan fingerprint density at radius 3 is 2.94 bits per heavy atom. The Balaban J connectivity index is 2.07. The van der Waals surface area contributed by atoms with Crippen LogP contribution in [0.5, 0.6) is 5.75 Å². The van der Waals surface area contributed by atoms with Crippen LogP contribution in [0.3, 0.4) is 0 Å². The van der Waals surface area contributed by atoms with Gasteiger partial charge in [0.25, 0.3) is 5.91 Å². The molecule has 1 aliphatic rings. The Hall–Kier alpha value is -1.75. The summed E-state index contributed by atoms with van der Waals surface area (Å²) in [7, 11) is 0. The molecule has 18 heavy (non-hydrogen) atoms. The molecule has 3 N–H and O–H groups in total. The second kappa shape index (κ2) is 5.27.